The third-order valence-electron chi connectivity index (χ3n) is 3.77. The molecule has 1 amide bonds. The molecular formula is C16H25N3O. The summed E-state index contributed by atoms with van der Waals surface area (Å²) < 4.78 is 0. The van der Waals surface area contributed by atoms with Gasteiger partial charge in [-0.3, -0.25) is 4.79 Å². The van der Waals surface area contributed by atoms with E-state index in [0.29, 0.717) is 11.6 Å². The molecule has 20 heavy (non-hydrogen) atoms. The zero-order valence-electron chi connectivity index (χ0n) is 12.3. The second kappa shape index (κ2) is 7.88. The van der Waals surface area contributed by atoms with Gasteiger partial charge >= 0.3 is 0 Å². The predicted octanol–water partition coefficient (Wildman–Crippen LogP) is 3.36. The molecule has 0 aromatic carbocycles. The number of hydrogen-bond acceptors (Lipinski definition) is 3. The average Bonchev–Trinajstić information content (AvgIpc) is 2.74. The van der Waals surface area contributed by atoms with Gasteiger partial charge in [-0.25, -0.2) is 4.98 Å². The molecule has 0 saturated heterocycles. The molecule has 2 rings (SSSR count). The number of anilines is 1. The number of carbonyl (C=O) groups excluding carboxylic acids is 1. The van der Waals surface area contributed by atoms with Gasteiger partial charge in [-0.15, -0.1) is 0 Å². The molecule has 1 aromatic heterocycles. The quantitative estimate of drug-likeness (QED) is 0.810. The molecule has 4 heteroatoms. The third kappa shape index (κ3) is 4.51. The smallest absolute Gasteiger partial charge is 0.253 e. The summed E-state index contributed by atoms with van der Waals surface area (Å²) in [5.74, 6) is 0.837. The van der Waals surface area contributed by atoms with E-state index in [1.165, 1.54) is 25.7 Å². The van der Waals surface area contributed by atoms with E-state index in [2.05, 4.69) is 22.5 Å². The first-order valence-corrected chi connectivity index (χ1v) is 7.80. The van der Waals surface area contributed by atoms with Crippen LogP contribution in [0.2, 0.25) is 0 Å². The van der Waals surface area contributed by atoms with Crippen molar-refractivity contribution in [2.24, 2.45) is 0 Å². The van der Waals surface area contributed by atoms with Crippen molar-refractivity contribution in [1.82, 2.24) is 10.3 Å². The lowest BCUT2D eigenvalue weighted by Gasteiger charge is -2.16. The summed E-state index contributed by atoms with van der Waals surface area (Å²) in [5, 5.41) is 6.35. The first-order chi connectivity index (χ1) is 9.79. The second-order valence-corrected chi connectivity index (χ2v) is 5.52. The normalized spacial score (nSPS) is 16.4. The summed E-state index contributed by atoms with van der Waals surface area (Å²) in [5.41, 5.74) is 0.649. The fourth-order valence-corrected chi connectivity index (χ4v) is 2.58. The van der Waals surface area contributed by atoms with Crippen LogP contribution in [0.15, 0.2) is 18.3 Å². The summed E-state index contributed by atoms with van der Waals surface area (Å²) in [4.78, 5) is 16.5. The largest absolute Gasteiger partial charge is 0.370 e. The molecule has 0 spiro atoms. The molecule has 1 fully saturated rings. The van der Waals surface area contributed by atoms with E-state index in [1.54, 1.807) is 6.20 Å². The lowest BCUT2D eigenvalue weighted by atomic mass is 10.1. The van der Waals surface area contributed by atoms with Crippen molar-refractivity contribution >= 4 is 11.7 Å². The van der Waals surface area contributed by atoms with Crippen molar-refractivity contribution in [3.63, 3.8) is 0 Å². The van der Waals surface area contributed by atoms with E-state index in [4.69, 9.17) is 0 Å². The van der Waals surface area contributed by atoms with Crippen molar-refractivity contribution in [2.45, 2.75) is 57.9 Å². The maximum Gasteiger partial charge on any atom is 0.253 e. The van der Waals surface area contributed by atoms with Crippen LogP contribution in [-0.4, -0.2) is 23.5 Å². The molecular weight excluding hydrogens is 250 g/mol. The average molecular weight is 275 g/mol. The molecule has 1 aliphatic rings. The van der Waals surface area contributed by atoms with Crippen molar-refractivity contribution in [3.05, 3.63) is 23.9 Å². The Morgan fingerprint density at radius 3 is 2.60 bits per heavy atom. The SMILES string of the molecule is CCCNc1ccc(C(=O)NC2CCCCCC2)cn1. The number of nitrogens with one attached hydrogen (secondary N) is 2. The first kappa shape index (κ1) is 14.8. The molecule has 1 aromatic rings. The van der Waals surface area contributed by atoms with E-state index in [1.807, 2.05) is 12.1 Å². The van der Waals surface area contributed by atoms with Gasteiger partial charge in [0.2, 0.25) is 0 Å². The Balaban J connectivity index is 1.88. The van der Waals surface area contributed by atoms with Crippen LogP contribution >= 0.6 is 0 Å². The van der Waals surface area contributed by atoms with Gasteiger partial charge in [0.25, 0.3) is 5.91 Å². The van der Waals surface area contributed by atoms with Crippen molar-refractivity contribution < 1.29 is 4.79 Å². The van der Waals surface area contributed by atoms with E-state index < -0.39 is 0 Å². The van der Waals surface area contributed by atoms with Crippen LogP contribution in [0.4, 0.5) is 5.82 Å². The Hall–Kier alpha value is -1.58. The van der Waals surface area contributed by atoms with Gasteiger partial charge < -0.3 is 10.6 Å². The molecule has 1 saturated carbocycles. The lowest BCUT2D eigenvalue weighted by molar-refractivity contribution is 0.0933. The molecule has 2 N–H and O–H groups in total. The Morgan fingerprint density at radius 2 is 2.00 bits per heavy atom. The zero-order valence-corrected chi connectivity index (χ0v) is 12.3. The molecule has 4 nitrogen and oxygen atoms in total. The highest BCUT2D eigenvalue weighted by molar-refractivity contribution is 5.94. The van der Waals surface area contributed by atoms with E-state index >= 15 is 0 Å². The number of rotatable bonds is 5. The maximum atomic E-state index is 12.2. The summed E-state index contributed by atoms with van der Waals surface area (Å²) in [6.07, 6.45) is 9.98. The van der Waals surface area contributed by atoms with Gasteiger partial charge in [0.05, 0.1) is 5.56 Å². The van der Waals surface area contributed by atoms with Crippen LogP contribution in [0.5, 0.6) is 0 Å². The highest BCUT2D eigenvalue weighted by Crippen LogP contribution is 2.17. The fourth-order valence-electron chi connectivity index (χ4n) is 2.58. The molecule has 1 heterocycles. The van der Waals surface area contributed by atoms with Crippen molar-refractivity contribution in [3.8, 4) is 0 Å². The molecule has 0 radical (unpaired) electrons. The van der Waals surface area contributed by atoms with Crippen LogP contribution in [-0.2, 0) is 0 Å². The van der Waals surface area contributed by atoms with E-state index in [9.17, 15) is 4.79 Å². The monoisotopic (exact) mass is 275 g/mol. The number of amides is 1. The molecule has 110 valence electrons. The predicted molar refractivity (Wildman–Crippen MR) is 82.0 cm³/mol. The standard InChI is InChI=1S/C16H25N3O/c1-2-11-17-15-10-9-13(12-18-15)16(20)19-14-7-5-3-4-6-8-14/h9-10,12,14H,2-8,11H2,1H3,(H,17,18)(H,19,20). The Labute approximate surface area is 121 Å². The van der Waals surface area contributed by atoms with Crippen LogP contribution in [0.25, 0.3) is 0 Å². The highest BCUT2D eigenvalue weighted by atomic mass is 16.1. The van der Waals surface area contributed by atoms with Crippen LogP contribution < -0.4 is 10.6 Å². The van der Waals surface area contributed by atoms with Crippen LogP contribution in [0.1, 0.15) is 62.2 Å². The number of nitrogens with zero attached hydrogens (tertiary/aromatic N) is 1. The molecule has 0 bridgehead atoms. The number of pyridine rings is 1. The number of aromatic nitrogens is 1. The second-order valence-electron chi connectivity index (χ2n) is 5.52. The van der Waals surface area contributed by atoms with Gasteiger partial charge in [-0.1, -0.05) is 32.6 Å². The first-order valence-electron chi connectivity index (χ1n) is 7.80. The molecule has 0 atom stereocenters. The van der Waals surface area contributed by atoms with Gasteiger partial charge in [-0.2, -0.15) is 0 Å². The topological polar surface area (TPSA) is 54.0 Å². The van der Waals surface area contributed by atoms with Gasteiger partial charge in [0.1, 0.15) is 5.82 Å². The Bertz CT molecular complexity index is 408. The van der Waals surface area contributed by atoms with E-state index in [0.717, 1.165) is 31.6 Å². The van der Waals surface area contributed by atoms with Gasteiger partial charge in [0.15, 0.2) is 0 Å². The molecule has 0 aliphatic heterocycles. The highest BCUT2D eigenvalue weighted by Gasteiger charge is 2.15. The van der Waals surface area contributed by atoms with Crippen LogP contribution in [0.3, 0.4) is 0 Å². The van der Waals surface area contributed by atoms with Gasteiger partial charge in [0, 0.05) is 18.8 Å². The van der Waals surface area contributed by atoms with Crippen molar-refractivity contribution in [1.29, 1.82) is 0 Å². The fraction of sp³-hybridized carbons (Fsp3) is 0.625. The minimum atomic E-state index is 0.00596. The third-order valence-corrected chi connectivity index (χ3v) is 3.77. The minimum absolute atomic E-state index is 0.00596. The summed E-state index contributed by atoms with van der Waals surface area (Å²) >= 11 is 0. The summed E-state index contributed by atoms with van der Waals surface area (Å²) in [6.45, 7) is 3.02. The Morgan fingerprint density at radius 1 is 1.25 bits per heavy atom. The molecule has 0 unspecified atom stereocenters. The summed E-state index contributed by atoms with van der Waals surface area (Å²) in [6, 6.07) is 4.05. The zero-order chi connectivity index (χ0) is 14.2. The molecule has 1 aliphatic carbocycles. The number of carbonyl (C=O) groups is 1. The van der Waals surface area contributed by atoms with E-state index in [-0.39, 0.29) is 5.91 Å². The summed E-state index contributed by atoms with van der Waals surface area (Å²) in [7, 11) is 0. The van der Waals surface area contributed by atoms with Crippen molar-refractivity contribution in [2.75, 3.05) is 11.9 Å². The van der Waals surface area contributed by atoms with Crippen LogP contribution in [0, 0.1) is 0 Å². The Kier molecular flexibility index (Phi) is 5.84. The lowest BCUT2D eigenvalue weighted by Crippen LogP contribution is -2.34. The number of hydrogen-bond donors (Lipinski definition) is 2. The maximum absolute atomic E-state index is 12.2. The van der Waals surface area contributed by atoms with Gasteiger partial charge in [-0.05, 0) is 31.4 Å². The minimum Gasteiger partial charge on any atom is -0.370 e.